The zero-order valence-electron chi connectivity index (χ0n) is 17.7. The summed E-state index contributed by atoms with van der Waals surface area (Å²) >= 11 is 0. The highest BCUT2D eigenvalue weighted by Gasteiger charge is 2.41. The van der Waals surface area contributed by atoms with Gasteiger partial charge in [0.15, 0.2) is 0 Å². The highest BCUT2D eigenvalue weighted by molar-refractivity contribution is 7.89. The van der Waals surface area contributed by atoms with Crippen molar-refractivity contribution in [3.05, 3.63) is 64.7 Å². The molecule has 0 saturated carbocycles. The molecule has 5 nitrogen and oxygen atoms in total. The van der Waals surface area contributed by atoms with E-state index in [2.05, 4.69) is 5.32 Å². The molecule has 2 aromatic carbocycles. The van der Waals surface area contributed by atoms with Gasteiger partial charge in [0.25, 0.3) is 0 Å². The van der Waals surface area contributed by atoms with Crippen LogP contribution in [0.3, 0.4) is 0 Å². The van der Waals surface area contributed by atoms with Gasteiger partial charge < -0.3 is 5.32 Å². The molecule has 3 rings (SSSR count). The number of amides is 1. The maximum atomic E-state index is 13.2. The lowest BCUT2D eigenvalue weighted by atomic mass is 9.82. The molecule has 1 aliphatic rings. The van der Waals surface area contributed by atoms with Crippen LogP contribution in [0.25, 0.3) is 0 Å². The molecule has 1 saturated heterocycles. The average molecular weight is 415 g/mol. The van der Waals surface area contributed by atoms with Crippen LogP contribution in [-0.4, -0.2) is 31.7 Å². The van der Waals surface area contributed by atoms with Crippen molar-refractivity contribution in [3.8, 4) is 0 Å². The first-order valence-electron chi connectivity index (χ1n) is 10.0. The van der Waals surface area contributed by atoms with E-state index in [1.165, 1.54) is 9.87 Å². The van der Waals surface area contributed by atoms with Gasteiger partial charge >= 0.3 is 0 Å². The van der Waals surface area contributed by atoms with E-state index in [1.54, 1.807) is 12.1 Å². The fraction of sp³-hybridized carbons (Fsp3) is 0.435. The fourth-order valence-corrected chi connectivity index (χ4v) is 5.71. The summed E-state index contributed by atoms with van der Waals surface area (Å²) in [6.07, 6.45) is 1.34. The number of piperidine rings is 1. The van der Waals surface area contributed by atoms with Crippen LogP contribution in [0.4, 0.5) is 0 Å². The quantitative estimate of drug-likeness (QED) is 0.811. The zero-order valence-corrected chi connectivity index (χ0v) is 18.5. The monoisotopic (exact) mass is 414 g/mol. The first-order valence-corrected chi connectivity index (χ1v) is 11.5. The van der Waals surface area contributed by atoms with E-state index >= 15 is 0 Å². The highest BCUT2D eigenvalue weighted by atomic mass is 32.2. The van der Waals surface area contributed by atoms with E-state index in [9.17, 15) is 13.2 Å². The highest BCUT2D eigenvalue weighted by Crippen LogP contribution is 2.33. The molecule has 1 fully saturated rings. The van der Waals surface area contributed by atoms with Gasteiger partial charge in [0.2, 0.25) is 15.9 Å². The predicted molar refractivity (Wildman–Crippen MR) is 115 cm³/mol. The number of hydrogen-bond donors (Lipinski definition) is 1. The molecule has 0 spiro atoms. The lowest BCUT2D eigenvalue weighted by Gasteiger charge is -2.38. The number of nitrogens with one attached hydrogen (secondary N) is 1. The van der Waals surface area contributed by atoms with Gasteiger partial charge in [0, 0.05) is 19.6 Å². The lowest BCUT2D eigenvalue weighted by molar-refractivity contribution is -0.132. The third kappa shape index (κ3) is 4.87. The second kappa shape index (κ2) is 8.28. The average Bonchev–Trinajstić information content (AvgIpc) is 2.66. The summed E-state index contributed by atoms with van der Waals surface area (Å²) in [5.74, 6) is -0.0987. The Hall–Kier alpha value is -2.18. The van der Waals surface area contributed by atoms with E-state index in [1.807, 2.05) is 58.0 Å². The molecule has 1 amide bonds. The summed E-state index contributed by atoms with van der Waals surface area (Å²) in [5, 5.41) is 3.00. The predicted octanol–water partition coefficient (Wildman–Crippen LogP) is 3.72. The summed E-state index contributed by atoms with van der Waals surface area (Å²) in [6.45, 7) is 8.75. The molecule has 0 radical (unpaired) electrons. The molecule has 0 aliphatic carbocycles. The Kier molecular flexibility index (Phi) is 6.15. The van der Waals surface area contributed by atoms with Gasteiger partial charge in [0.1, 0.15) is 0 Å². The summed E-state index contributed by atoms with van der Waals surface area (Å²) in [5.41, 5.74) is 3.29. The van der Waals surface area contributed by atoms with Crippen LogP contribution < -0.4 is 5.32 Å². The molecule has 0 bridgehead atoms. The maximum absolute atomic E-state index is 13.2. The minimum atomic E-state index is -3.63. The molecular formula is C23H30N2O3S. The van der Waals surface area contributed by atoms with Gasteiger partial charge in [-0.05, 0) is 69.4 Å². The molecule has 156 valence electrons. The number of sulfonamides is 1. The van der Waals surface area contributed by atoms with Gasteiger partial charge in [-0.25, -0.2) is 8.42 Å². The number of carbonyl (C=O) groups excluding carboxylic acids is 1. The van der Waals surface area contributed by atoms with Gasteiger partial charge in [-0.3, -0.25) is 4.79 Å². The summed E-state index contributed by atoms with van der Waals surface area (Å²) in [6, 6.07) is 13.4. The molecule has 29 heavy (non-hydrogen) atoms. The fourth-order valence-electron chi connectivity index (χ4n) is 3.92. The van der Waals surface area contributed by atoms with Crippen molar-refractivity contribution >= 4 is 15.9 Å². The normalized spacial score (nSPS) is 20.4. The Morgan fingerprint density at radius 2 is 1.66 bits per heavy atom. The first kappa shape index (κ1) is 21.5. The van der Waals surface area contributed by atoms with Crippen LogP contribution in [0.15, 0.2) is 47.4 Å². The number of nitrogens with zero attached hydrogens (tertiary/aromatic N) is 1. The number of aryl methyl sites for hydroxylation is 3. The molecule has 6 heteroatoms. The standard InChI is InChI=1S/C23H30N2O3S/c1-17-6-8-20(9-7-17)15-24-22(26)23(4)10-5-11-25(16-23)29(27,28)21-13-18(2)12-19(3)14-21/h6-9,12-14H,5,10-11,15-16H2,1-4H3,(H,24,26)/t23-/m0/s1. The molecule has 1 heterocycles. The van der Waals surface area contributed by atoms with Gasteiger partial charge in [-0.1, -0.05) is 35.9 Å². The summed E-state index contributed by atoms with van der Waals surface area (Å²) in [4.78, 5) is 13.2. The van der Waals surface area contributed by atoms with E-state index in [0.29, 0.717) is 30.8 Å². The van der Waals surface area contributed by atoms with E-state index in [4.69, 9.17) is 0 Å². The Balaban J connectivity index is 1.74. The number of hydrogen-bond acceptors (Lipinski definition) is 3. The van der Waals surface area contributed by atoms with Crippen LogP contribution in [0, 0.1) is 26.2 Å². The molecule has 1 atom stereocenters. The minimum absolute atomic E-state index is 0.0987. The van der Waals surface area contributed by atoms with E-state index in [0.717, 1.165) is 16.7 Å². The number of rotatable bonds is 5. The van der Waals surface area contributed by atoms with Crippen LogP contribution in [0.1, 0.15) is 42.0 Å². The lowest BCUT2D eigenvalue weighted by Crippen LogP contribution is -2.51. The summed E-state index contributed by atoms with van der Waals surface area (Å²) < 4.78 is 27.9. The molecule has 0 unspecified atom stereocenters. The topological polar surface area (TPSA) is 66.5 Å². The number of benzene rings is 2. The Labute approximate surface area is 174 Å². The van der Waals surface area contributed by atoms with Gasteiger partial charge in [-0.15, -0.1) is 0 Å². The molecule has 1 N–H and O–H groups in total. The van der Waals surface area contributed by atoms with Crippen LogP contribution >= 0.6 is 0 Å². The smallest absolute Gasteiger partial charge is 0.243 e. The van der Waals surface area contributed by atoms with Crippen molar-refractivity contribution in [2.45, 2.75) is 52.0 Å². The van der Waals surface area contributed by atoms with Crippen molar-refractivity contribution in [1.29, 1.82) is 0 Å². The SMILES string of the molecule is Cc1ccc(CNC(=O)[C@@]2(C)CCCN(S(=O)(=O)c3cc(C)cc(C)c3)C2)cc1. The van der Waals surface area contributed by atoms with Crippen molar-refractivity contribution in [1.82, 2.24) is 9.62 Å². The van der Waals surface area contributed by atoms with E-state index in [-0.39, 0.29) is 12.5 Å². The van der Waals surface area contributed by atoms with Crippen LogP contribution in [-0.2, 0) is 21.4 Å². The van der Waals surface area contributed by atoms with E-state index < -0.39 is 15.4 Å². The van der Waals surface area contributed by atoms with Gasteiger partial charge in [-0.2, -0.15) is 4.31 Å². The Morgan fingerprint density at radius 3 is 2.28 bits per heavy atom. The molecule has 1 aliphatic heterocycles. The Morgan fingerprint density at radius 1 is 1.03 bits per heavy atom. The second-order valence-corrected chi connectivity index (χ2v) is 10.4. The first-order chi connectivity index (χ1) is 13.6. The van der Waals surface area contributed by atoms with Crippen LogP contribution in [0.2, 0.25) is 0 Å². The Bertz CT molecular complexity index is 979. The third-order valence-corrected chi connectivity index (χ3v) is 7.44. The molecule has 0 aromatic heterocycles. The molecular weight excluding hydrogens is 384 g/mol. The summed E-state index contributed by atoms with van der Waals surface area (Å²) in [7, 11) is -3.63. The van der Waals surface area contributed by atoms with Crippen molar-refractivity contribution in [2.24, 2.45) is 5.41 Å². The maximum Gasteiger partial charge on any atom is 0.243 e. The van der Waals surface area contributed by atoms with Gasteiger partial charge in [0.05, 0.1) is 10.3 Å². The number of carbonyl (C=O) groups is 1. The minimum Gasteiger partial charge on any atom is -0.352 e. The second-order valence-electron chi connectivity index (χ2n) is 8.49. The van der Waals surface area contributed by atoms with Crippen molar-refractivity contribution in [3.63, 3.8) is 0 Å². The van der Waals surface area contributed by atoms with Crippen molar-refractivity contribution in [2.75, 3.05) is 13.1 Å². The van der Waals surface area contributed by atoms with Crippen molar-refractivity contribution < 1.29 is 13.2 Å². The largest absolute Gasteiger partial charge is 0.352 e. The van der Waals surface area contributed by atoms with Crippen LogP contribution in [0.5, 0.6) is 0 Å². The third-order valence-electron chi connectivity index (χ3n) is 5.62. The molecule has 2 aromatic rings. The zero-order chi connectivity index (χ0) is 21.2.